The van der Waals surface area contributed by atoms with Gasteiger partial charge in [0.05, 0.1) is 25.3 Å². The first kappa shape index (κ1) is 15.7. The second-order valence-corrected chi connectivity index (χ2v) is 7.35. The number of aromatic nitrogens is 4. The van der Waals surface area contributed by atoms with Crippen molar-refractivity contribution in [3.8, 4) is 0 Å². The first-order valence-corrected chi connectivity index (χ1v) is 9.05. The number of rotatable bonds is 5. The maximum Gasteiger partial charge on any atom is 0.230 e. The number of thiazole rings is 1. The first-order valence-electron chi connectivity index (χ1n) is 8.17. The van der Waals surface area contributed by atoms with Crippen LogP contribution in [-0.2, 0) is 17.9 Å². The molecule has 2 bridgehead atoms. The van der Waals surface area contributed by atoms with Gasteiger partial charge in [0.2, 0.25) is 5.91 Å². The number of nitrogens with zero attached hydrogens (tertiary/aromatic N) is 5. The van der Waals surface area contributed by atoms with Crippen LogP contribution in [0.4, 0.5) is 5.13 Å². The van der Waals surface area contributed by atoms with Crippen molar-refractivity contribution in [2.75, 3.05) is 18.4 Å². The van der Waals surface area contributed by atoms with Gasteiger partial charge in [-0.1, -0.05) is 5.21 Å². The summed E-state index contributed by atoms with van der Waals surface area (Å²) in [6.45, 7) is 2.48. The molecule has 4 atom stereocenters. The quantitative estimate of drug-likeness (QED) is 0.820. The summed E-state index contributed by atoms with van der Waals surface area (Å²) >= 11 is 1.45. The molecule has 1 unspecified atom stereocenters. The molecule has 3 aliphatic rings. The molecule has 2 N–H and O–H groups in total. The molecular formula is C15H20N6O2S. The fourth-order valence-corrected chi connectivity index (χ4v) is 4.36. The van der Waals surface area contributed by atoms with Gasteiger partial charge in [-0.3, -0.25) is 14.4 Å². The summed E-state index contributed by atoms with van der Waals surface area (Å²) < 4.78 is 1.79. The van der Waals surface area contributed by atoms with Crippen LogP contribution in [0, 0.1) is 11.8 Å². The number of aliphatic hydroxyl groups is 1. The lowest BCUT2D eigenvalue weighted by molar-refractivity contribution is -0.127. The zero-order chi connectivity index (χ0) is 16.5. The SMILES string of the molecule is O=C(Nc1nccs1)[C@@H]1CN2CC[C@H]1C[C@@H]2Cn1cc(CO)nn1. The average Bonchev–Trinajstić information content (AvgIpc) is 3.27. The normalized spacial score (nSPS) is 28.9. The van der Waals surface area contributed by atoms with E-state index >= 15 is 0 Å². The molecule has 3 fully saturated rings. The van der Waals surface area contributed by atoms with Gasteiger partial charge in [0.1, 0.15) is 5.69 Å². The molecule has 0 saturated carbocycles. The number of aliphatic hydroxyl groups excluding tert-OH is 1. The van der Waals surface area contributed by atoms with Gasteiger partial charge in [0.25, 0.3) is 0 Å². The van der Waals surface area contributed by atoms with Crippen molar-refractivity contribution in [1.82, 2.24) is 24.9 Å². The van der Waals surface area contributed by atoms with Crippen molar-refractivity contribution in [3.05, 3.63) is 23.5 Å². The molecule has 1 amide bonds. The van der Waals surface area contributed by atoms with E-state index in [2.05, 4.69) is 25.5 Å². The van der Waals surface area contributed by atoms with Crippen LogP contribution in [0.15, 0.2) is 17.8 Å². The molecule has 3 saturated heterocycles. The standard InChI is InChI=1S/C15H20N6O2S/c22-9-11-6-21(19-18-11)7-12-5-10-1-3-20(12)8-13(10)14(23)17-15-16-2-4-24-15/h2,4,6,10,12-13,22H,1,3,5,7-9H2,(H,16,17,23)/t10-,12+,13+/m0/s1. The molecule has 0 aromatic carbocycles. The minimum absolute atomic E-state index is 0.0302. The fourth-order valence-electron chi connectivity index (χ4n) is 3.82. The van der Waals surface area contributed by atoms with Gasteiger partial charge in [0.15, 0.2) is 5.13 Å². The maximum absolute atomic E-state index is 12.5. The number of piperidine rings is 3. The van der Waals surface area contributed by atoms with E-state index in [1.165, 1.54) is 11.3 Å². The Morgan fingerprint density at radius 1 is 1.50 bits per heavy atom. The van der Waals surface area contributed by atoms with Crippen LogP contribution in [0.5, 0.6) is 0 Å². The summed E-state index contributed by atoms with van der Waals surface area (Å²) in [5.74, 6) is 0.518. The van der Waals surface area contributed by atoms with Gasteiger partial charge < -0.3 is 10.4 Å². The van der Waals surface area contributed by atoms with Gasteiger partial charge >= 0.3 is 0 Å². The lowest BCUT2D eigenvalue weighted by atomic mass is 9.75. The van der Waals surface area contributed by atoms with Crippen LogP contribution in [-0.4, -0.2) is 55.0 Å². The summed E-state index contributed by atoms with van der Waals surface area (Å²) in [5, 5.41) is 22.5. The number of amides is 1. The molecule has 9 heteroatoms. The summed E-state index contributed by atoms with van der Waals surface area (Å²) in [6.07, 6.45) is 5.54. The molecule has 8 nitrogen and oxygen atoms in total. The first-order chi connectivity index (χ1) is 11.7. The maximum atomic E-state index is 12.5. The molecule has 0 radical (unpaired) electrons. The highest BCUT2D eigenvalue weighted by Gasteiger charge is 2.43. The minimum Gasteiger partial charge on any atom is -0.390 e. The third-order valence-corrected chi connectivity index (χ3v) is 5.71. The molecule has 3 aliphatic heterocycles. The second kappa shape index (κ2) is 6.58. The monoisotopic (exact) mass is 348 g/mol. The van der Waals surface area contributed by atoms with Crippen LogP contribution in [0.2, 0.25) is 0 Å². The molecule has 128 valence electrons. The highest BCUT2D eigenvalue weighted by molar-refractivity contribution is 7.13. The van der Waals surface area contributed by atoms with E-state index < -0.39 is 0 Å². The Kier molecular flexibility index (Phi) is 4.30. The van der Waals surface area contributed by atoms with Gasteiger partial charge in [-0.25, -0.2) is 4.98 Å². The highest BCUT2D eigenvalue weighted by Crippen LogP contribution is 2.37. The Balaban J connectivity index is 1.39. The molecule has 5 heterocycles. The Morgan fingerprint density at radius 2 is 2.42 bits per heavy atom. The van der Waals surface area contributed by atoms with Crippen LogP contribution < -0.4 is 5.32 Å². The van der Waals surface area contributed by atoms with Crippen molar-refractivity contribution < 1.29 is 9.90 Å². The van der Waals surface area contributed by atoms with Crippen LogP contribution in [0.1, 0.15) is 18.5 Å². The second-order valence-electron chi connectivity index (χ2n) is 6.46. The molecule has 2 aromatic heterocycles. The van der Waals surface area contributed by atoms with E-state index in [9.17, 15) is 4.79 Å². The average molecular weight is 348 g/mol. The Labute approximate surface area is 143 Å². The molecular weight excluding hydrogens is 328 g/mol. The van der Waals surface area contributed by atoms with E-state index in [0.29, 0.717) is 22.8 Å². The van der Waals surface area contributed by atoms with Crippen LogP contribution >= 0.6 is 11.3 Å². The number of carbonyl (C=O) groups excluding carboxylic acids is 1. The number of hydrogen-bond donors (Lipinski definition) is 2. The van der Waals surface area contributed by atoms with E-state index in [-0.39, 0.29) is 18.4 Å². The minimum atomic E-state index is -0.0873. The van der Waals surface area contributed by atoms with Crippen molar-refractivity contribution in [3.63, 3.8) is 0 Å². The lowest BCUT2D eigenvalue weighted by Gasteiger charge is -2.49. The number of anilines is 1. The zero-order valence-electron chi connectivity index (χ0n) is 13.2. The van der Waals surface area contributed by atoms with Crippen LogP contribution in [0.3, 0.4) is 0 Å². The van der Waals surface area contributed by atoms with Crippen molar-refractivity contribution in [1.29, 1.82) is 0 Å². The molecule has 24 heavy (non-hydrogen) atoms. The Hall–Kier alpha value is -1.84. The molecule has 0 aliphatic carbocycles. The summed E-state index contributed by atoms with van der Waals surface area (Å²) in [4.78, 5) is 19.0. The summed E-state index contributed by atoms with van der Waals surface area (Å²) in [5.41, 5.74) is 0.590. The molecule has 5 rings (SSSR count). The number of nitrogens with one attached hydrogen (secondary N) is 1. The topological polar surface area (TPSA) is 96.2 Å². The zero-order valence-corrected chi connectivity index (χ0v) is 14.0. The van der Waals surface area contributed by atoms with Crippen molar-refractivity contribution >= 4 is 22.4 Å². The van der Waals surface area contributed by atoms with E-state index in [0.717, 1.165) is 32.5 Å². The van der Waals surface area contributed by atoms with Gasteiger partial charge in [-0.2, -0.15) is 0 Å². The van der Waals surface area contributed by atoms with Crippen molar-refractivity contribution in [2.45, 2.75) is 32.0 Å². The largest absolute Gasteiger partial charge is 0.390 e. The van der Waals surface area contributed by atoms with Crippen LogP contribution in [0.25, 0.3) is 0 Å². The predicted octanol–water partition coefficient (Wildman–Crippen LogP) is 0.576. The lowest BCUT2D eigenvalue weighted by Crippen LogP contribution is -2.57. The molecule has 0 spiro atoms. The van der Waals surface area contributed by atoms with Gasteiger partial charge in [-0.05, 0) is 25.3 Å². The van der Waals surface area contributed by atoms with Gasteiger partial charge in [-0.15, -0.1) is 16.4 Å². The smallest absolute Gasteiger partial charge is 0.230 e. The number of fused-ring (bicyclic) bond motifs is 3. The number of carbonyl (C=O) groups is 1. The Bertz CT molecular complexity index is 703. The predicted molar refractivity (Wildman–Crippen MR) is 88.3 cm³/mol. The van der Waals surface area contributed by atoms with Crippen molar-refractivity contribution in [2.24, 2.45) is 11.8 Å². The molecule has 2 aromatic rings. The Morgan fingerprint density at radius 3 is 3.08 bits per heavy atom. The van der Waals surface area contributed by atoms with E-state index in [1.807, 2.05) is 5.38 Å². The highest BCUT2D eigenvalue weighted by atomic mass is 32.1. The number of hydrogen-bond acceptors (Lipinski definition) is 7. The third-order valence-electron chi connectivity index (χ3n) is 5.02. The summed E-state index contributed by atoms with van der Waals surface area (Å²) in [7, 11) is 0. The third kappa shape index (κ3) is 3.06. The van der Waals surface area contributed by atoms with E-state index in [4.69, 9.17) is 5.11 Å². The van der Waals surface area contributed by atoms with Gasteiger partial charge in [0, 0.05) is 24.2 Å². The summed E-state index contributed by atoms with van der Waals surface area (Å²) in [6, 6.07) is 0.376. The fraction of sp³-hybridized carbons (Fsp3) is 0.600. The van der Waals surface area contributed by atoms with E-state index in [1.54, 1.807) is 17.1 Å².